The van der Waals surface area contributed by atoms with Gasteiger partial charge in [0.15, 0.2) is 23.0 Å². The van der Waals surface area contributed by atoms with Gasteiger partial charge in [-0.05, 0) is 173 Å². The largest absolute Gasteiger partial charge is 0.511 e. The van der Waals surface area contributed by atoms with Crippen LogP contribution in [0.15, 0.2) is 121 Å². The SMILES string of the molecule is CCCC(=O)OCO/C(=C(/C#N)c1ccc(C(C)(C)C)cc1)c1cc(C)nn1CC.CCOC(=O)OCO/C(=C(/C#N)c1ccc(C(C)(C)C)cc1)c1cc(C)nn1CC.CCn1nc(C)cc1/C(OCOC(=O)OC(C)C)=C(\C#N)c1ccc(C(C)(C)C)cc1.CCn1nc(C)cc1/C(OCOC(=O)OC)=C(\C#N)c1ccc(C(C)(C)C)cc1. The predicted molar refractivity (Wildman–Crippen MR) is 460 cm³/mol. The summed E-state index contributed by atoms with van der Waals surface area (Å²) in [4.78, 5) is 46.2. The third kappa shape index (κ3) is 28.7. The summed E-state index contributed by atoms with van der Waals surface area (Å²) >= 11 is 0. The van der Waals surface area contributed by atoms with Crippen molar-refractivity contribution in [2.24, 2.45) is 0 Å². The average Bonchev–Trinajstić information content (AvgIpc) is 1.56. The van der Waals surface area contributed by atoms with Gasteiger partial charge in [0.25, 0.3) is 0 Å². The molecule has 120 heavy (non-hydrogen) atoms. The molecule has 0 aliphatic carbocycles. The van der Waals surface area contributed by atoms with Crippen molar-refractivity contribution in [3.05, 3.63) is 211 Å². The molecule has 0 fully saturated rings. The van der Waals surface area contributed by atoms with Crippen LogP contribution in [0.1, 0.15) is 241 Å². The second-order valence-corrected chi connectivity index (χ2v) is 31.8. The Balaban J connectivity index is 0.000000285. The van der Waals surface area contributed by atoms with Crippen LogP contribution in [0.2, 0.25) is 0 Å². The molecule has 4 aromatic carbocycles. The van der Waals surface area contributed by atoms with E-state index in [-0.39, 0.29) is 67.5 Å². The summed E-state index contributed by atoms with van der Waals surface area (Å²) in [6.07, 6.45) is -1.80. The van der Waals surface area contributed by atoms with E-state index in [1.807, 2.05) is 184 Å². The molecule has 0 N–H and O–H groups in total. The maximum absolute atomic E-state index is 11.7. The standard InChI is InChI=1S/C24H31N3O4.C24H31N3O3.C23H29N3O4.C22H27N3O4/c1-8-27-21(13-17(4)26-27)22(29-15-30-23(28)31-16(2)3)20(14-25)18-9-11-19(12-10-18)24(5,6)7;1-7-9-22(28)29-16-30-23(21-14-17(3)26-27(21)8-2)20(15-25)18-10-12-19(13-11-18)24(4,5)6;1-7-26-20(13-16(3)25-26)21(29-15-30-22(27)28-8-2)19(14-24)17-9-11-18(12-10-17)23(4,5)6;1-7-25-19(12-15(2)24-25)20(28-14-29-21(26)27-6)18(13-23)16-8-10-17(11-9-16)22(3,4)5/h9-13,16H,8,15H2,1-7H3;10-14H,7-9,16H2,1-6H3;9-13H,7-8,15H2,1-6H3;8-12H,7,14H2,1-6H3/b22-20-;23-20-;21-19-;20-18-. The number of esters is 1. The van der Waals surface area contributed by atoms with Gasteiger partial charge in [-0.1, -0.05) is 187 Å². The van der Waals surface area contributed by atoms with Crippen molar-refractivity contribution in [2.75, 3.05) is 40.9 Å². The Bertz CT molecular complexity index is 4900. The predicted octanol–water partition coefficient (Wildman–Crippen LogP) is 20.4. The number of nitrogens with zero attached hydrogens (tertiary/aromatic N) is 12. The molecule has 640 valence electrons. The normalized spacial score (nSPS) is 12.1. The molecule has 4 heterocycles. The first-order valence-corrected chi connectivity index (χ1v) is 39.9. The maximum Gasteiger partial charge on any atom is 0.511 e. The maximum atomic E-state index is 11.7. The van der Waals surface area contributed by atoms with E-state index in [2.05, 4.69) is 132 Å². The summed E-state index contributed by atoms with van der Waals surface area (Å²) in [5.74, 6) is 0.916. The first kappa shape index (κ1) is 97.7. The molecule has 0 bridgehead atoms. The number of carbonyl (C=O) groups excluding carboxylic acids is 4. The second-order valence-electron chi connectivity index (χ2n) is 31.8. The molecule has 4 aromatic heterocycles. The monoisotopic (exact) mass is 1640 g/mol. The van der Waals surface area contributed by atoms with E-state index in [0.717, 1.165) is 45.0 Å². The molecule has 0 unspecified atom stereocenters. The fourth-order valence-corrected chi connectivity index (χ4v) is 11.8. The Morgan fingerprint density at radius 3 is 0.808 bits per heavy atom. The number of allylic oxidation sites excluding steroid dienone is 4. The van der Waals surface area contributed by atoms with Crippen LogP contribution in [0.4, 0.5) is 14.4 Å². The molecule has 0 saturated carbocycles. The van der Waals surface area contributed by atoms with Crippen molar-refractivity contribution in [2.45, 2.75) is 233 Å². The van der Waals surface area contributed by atoms with Crippen molar-refractivity contribution in [3.63, 3.8) is 0 Å². The zero-order chi connectivity index (χ0) is 89.4. The van der Waals surface area contributed by atoms with Crippen molar-refractivity contribution in [1.82, 2.24) is 39.1 Å². The van der Waals surface area contributed by atoms with Crippen molar-refractivity contribution >= 4 is 69.8 Å². The third-order valence-corrected chi connectivity index (χ3v) is 18.0. The van der Waals surface area contributed by atoms with E-state index < -0.39 is 18.5 Å². The fourth-order valence-electron chi connectivity index (χ4n) is 11.8. The minimum atomic E-state index is -0.863. The van der Waals surface area contributed by atoms with E-state index in [4.69, 9.17) is 47.4 Å². The van der Waals surface area contributed by atoms with Crippen LogP contribution < -0.4 is 0 Å². The van der Waals surface area contributed by atoms with Gasteiger partial charge in [-0.15, -0.1) is 0 Å². The molecule has 0 radical (unpaired) electrons. The highest BCUT2D eigenvalue weighted by Gasteiger charge is 2.27. The van der Waals surface area contributed by atoms with Gasteiger partial charge in [0, 0.05) is 32.6 Å². The van der Waals surface area contributed by atoms with E-state index in [1.54, 1.807) is 39.5 Å². The zero-order valence-electron chi connectivity index (χ0n) is 74.4. The lowest BCUT2D eigenvalue weighted by Gasteiger charge is -2.19. The number of hydrogen-bond acceptors (Lipinski definition) is 23. The molecule has 0 saturated heterocycles. The number of methoxy groups -OCH3 is 1. The number of rotatable bonds is 28. The molecule has 8 aromatic rings. The summed E-state index contributed by atoms with van der Waals surface area (Å²) < 4.78 is 64.4. The Labute approximate surface area is 707 Å². The van der Waals surface area contributed by atoms with Gasteiger partial charge in [-0.2, -0.15) is 41.4 Å². The highest BCUT2D eigenvalue weighted by Crippen LogP contribution is 2.36. The van der Waals surface area contributed by atoms with E-state index in [9.17, 15) is 40.2 Å². The highest BCUT2D eigenvalue weighted by atomic mass is 16.8. The van der Waals surface area contributed by atoms with Gasteiger partial charge in [0.1, 0.15) is 69.3 Å². The molecule has 27 heteroatoms. The van der Waals surface area contributed by atoms with Gasteiger partial charge in [0.05, 0.1) is 42.6 Å². The first-order chi connectivity index (χ1) is 56.7. The van der Waals surface area contributed by atoms with Crippen LogP contribution >= 0.6 is 0 Å². The minimum absolute atomic E-state index is 0.000196. The molecule has 0 aliphatic rings. The number of aryl methyl sites for hydroxylation is 8. The van der Waals surface area contributed by atoms with Crippen LogP contribution in [0, 0.1) is 73.0 Å². The van der Waals surface area contributed by atoms with Crippen molar-refractivity contribution < 1.29 is 71.3 Å². The quantitative estimate of drug-likeness (QED) is 0.0144. The van der Waals surface area contributed by atoms with Gasteiger partial charge >= 0.3 is 24.4 Å². The van der Waals surface area contributed by atoms with E-state index in [0.29, 0.717) is 124 Å². The molecule has 8 rings (SSSR count). The van der Waals surface area contributed by atoms with Gasteiger partial charge in [-0.3, -0.25) is 23.5 Å². The first-order valence-electron chi connectivity index (χ1n) is 39.9. The van der Waals surface area contributed by atoms with Crippen LogP contribution in [-0.4, -0.2) is 111 Å². The molecule has 0 aliphatic heterocycles. The molecule has 0 amide bonds. The molecular formula is C93H118N12O15. The number of carbonyl (C=O) groups is 4. The molecule has 27 nitrogen and oxygen atoms in total. The number of nitriles is 4. The fraction of sp³-hybridized carbons (Fsp3) is 0.441. The van der Waals surface area contributed by atoms with Crippen LogP contribution in [0.5, 0.6) is 0 Å². The van der Waals surface area contributed by atoms with Crippen molar-refractivity contribution in [3.8, 4) is 24.3 Å². The second kappa shape index (κ2) is 45.7. The van der Waals surface area contributed by atoms with Crippen LogP contribution in [0.25, 0.3) is 45.3 Å². The summed E-state index contributed by atoms with van der Waals surface area (Å²) in [7, 11) is 1.21. The summed E-state index contributed by atoms with van der Waals surface area (Å²) in [6, 6.07) is 47.6. The lowest BCUT2D eigenvalue weighted by molar-refractivity contribution is -0.151. The molecular weight excluding hydrogens is 1530 g/mol. The number of hydrogen-bond donors (Lipinski definition) is 0. The van der Waals surface area contributed by atoms with Gasteiger partial charge in [0.2, 0.25) is 27.2 Å². The summed E-state index contributed by atoms with van der Waals surface area (Å²) in [5.41, 5.74) is 14.6. The molecule has 0 atom stereocenters. The third-order valence-electron chi connectivity index (χ3n) is 18.0. The average molecular weight is 1640 g/mol. The summed E-state index contributed by atoms with van der Waals surface area (Å²) in [5, 5.41) is 57.6. The van der Waals surface area contributed by atoms with Crippen LogP contribution in [0.3, 0.4) is 0 Å². The topological polar surface area (TPSA) is 336 Å². The van der Waals surface area contributed by atoms with E-state index >= 15 is 0 Å². The smallest absolute Gasteiger partial charge is 0.454 e. The van der Waals surface area contributed by atoms with Crippen molar-refractivity contribution in [1.29, 1.82) is 21.0 Å². The van der Waals surface area contributed by atoms with Gasteiger partial charge < -0.3 is 52.1 Å². The minimum Gasteiger partial charge on any atom is -0.454 e. The highest BCUT2D eigenvalue weighted by molar-refractivity contribution is 5.97. The lowest BCUT2D eigenvalue weighted by atomic mass is 9.86. The Morgan fingerprint density at radius 2 is 0.600 bits per heavy atom. The lowest BCUT2D eigenvalue weighted by Crippen LogP contribution is -2.15. The van der Waals surface area contributed by atoms with E-state index in [1.165, 1.54) is 12.7 Å². The Kier molecular flexibility index (Phi) is 37.2. The van der Waals surface area contributed by atoms with Gasteiger partial charge in [-0.25, -0.2) is 14.4 Å². The van der Waals surface area contributed by atoms with Crippen LogP contribution in [-0.2, 0) is 105 Å². The molecule has 0 spiro atoms. The zero-order valence-corrected chi connectivity index (χ0v) is 74.4. The number of aromatic nitrogens is 8. The Morgan fingerprint density at radius 1 is 0.358 bits per heavy atom. The Hall–Kier alpha value is -12.9. The summed E-state index contributed by atoms with van der Waals surface area (Å²) in [6.45, 7) is 49.2. The number of benzene rings is 4. The number of ether oxygens (including phenoxy) is 11.